The van der Waals surface area contributed by atoms with Crippen molar-refractivity contribution in [3.63, 3.8) is 0 Å². The molecular formula is C36H45NO16. The third kappa shape index (κ3) is 10.5. The molecule has 53 heavy (non-hydrogen) atoms. The van der Waals surface area contributed by atoms with E-state index in [1.165, 1.54) is 20.3 Å². The monoisotopic (exact) mass is 747 g/mol. The molecule has 1 aromatic rings. The SMILES string of the molecule is COC(=O)C(Cc1ccccc1)NC(=O)C1=CO[C@@H](O[C@@H]2O[C@H](COC(C)=O)[C@@H](OC(C)=O)[C@H](OC(C)=O)[C@H]2OC(C)=O)[C@@H]2[C@@H](C)[C@@H](OC(C)=O)C[C@H]12. The van der Waals surface area contributed by atoms with Gasteiger partial charge in [0.25, 0.3) is 5.91 Å². The standard InChI is InChI=1S/C36H45NO16/c1-17-27(48-19(3)39)14-24-25(33(43)37-26(34(44)45-7)13-23-11-9-8-10-12-23)15-47-35(29(17)24)53-36-32(51-22(6)42)31(50-21(5)41)30(49-20(4)40)28(52-36)16-46-18(2)38/h8-12,15,17,24,26-32,35-36H,13-14,16H2,1-7H3,(H,37,43)/t17-,24+,26?,27-,28+,29+,30+,31-,32+,35-,36-/m0/s1. The number of nitrogens with one attached hydrogen (secondary N) is 1. The predicted octanol–water partition coefficient (Wildman–Crippen LogP) is 1.43. The highest BCUT2D eigenvalue weighted by molar-refractivity contribution is 5.96. The van der Waals surface area contributed by atoms with Crippen LogP contribution in [0.15, 0.2) is 42.2 Å². The van der Waals surface area contributed by atoms with Crippen LogP contribution in [0.25, 0.3) is 0 Å². The lowest BCUT2D eigenvalue weighted by atomic mass is 9.83. The molecule has 0 bridgehead atoms. The van der Waals surface area contributed by atoms with Crippen LogP contribution < -0.4 is 5.32 Å². The van der Waals surface area contributed by atoms with Gasteiger partial charge in [-0.25, -0.2) is 4.79 Å². The maximum Gasteiger partial charge on any atom is 0.328 e. The number of esters is 6. The predicted molar refractivity (Wildman–Crippen MR) is 176 cm³/mol. The quantitative estimate of drug-likeness (QED) is 0.223. The second kappa shape index (κ2) is 18.1. The molecule has 0 radical (unpaired) electrons. The number of ether oxygens (including phenoxy) is 9. The second-order valence-corrected chi connectivity index (χ2v) is 12.9. The summed E-state index contributed by atoms with van der Waals surface area (Å²) in [7, 11) is 1.21. The summed E-state index contributed by atoms with van der Waals surface area (Å²) in [6.07, 6.45) is -7.77. The molecule has 1 saturated carbocycles. The highest BCUT2D eigenvalue weighted by atomic mass is 16.8. The van der Waals surface area contributed by atoms with Crippen LogP contribution >= 0.6 is 0 Å². The summed E-state index contributed by atoms with van der Waals surface area (Å²) in [6.45, 7) is 6.99. The topological polar surface area (TPSA) is 215 Å². The number of methoxy groups -OCH3 is 1. The Morgan fingerprint density at radius 2 is 1.40 bits per heavy atom. The van der Waals surface area contributed by atoms with Gasteiger partial charge in [-0.05, 0) is 12.0 Å². The first-order chi connectivity index (χ1) is 25.1. The van der Waals surface area contributed by atoms with Gasteiger partial charge >= 0.3 is 35.8 Å². The van der Waals surface area contributed by atoms with E-state index >= 15 is 0 Å². The molecule has 11 atom stereocenters. The van der Waals surface area contributed by atoms with Crippen LogP contribution in [0.4, 0.5) is 0 Å². The smallest absolute Gasteiger partial charge is 0.328 e. The molecule has 4 rings (SSSR count). The Morgan fingerprint density at radius 3 is 1.98 bits per heavy atom. The summed E-state index contributed by atoms with van der Waals surface area (Å²) < 4.78 is 50.7. The summed E-state index contributed by atoms with van der Waals surface area (Å²) in [6, 6.07) is 7.98. The summed E-state index contributed by atoms with van der Waals surface area (Å²) in [5.41, 5.74) is 0.914. The highest BCUT2D eigenvalue weighted by Gasteiger charge is 2.57. The fourth-order valence-electron chi connectivity index (χ4n) is 6.90. The molecule has 3 aliphatic rings. The van der Waals surface area contributed by atoms with Gasteiger partial charge in [0.15, 0.2) is 18.3 Å². The van der Waals surface area contributed by atoms with Gasteiger partial charge in [-0.2, -0.15) is 0 Å². The molecule has 17 nitrogen and oxygen atoms in total. The summed E-state index contributed by atoms with van der Waals surface area (Å²) in [5, 5.41) is 2.74. The zero-order valence-electron chi connectivity index (χ0n) is 30.5. The third-order valence-corrected chi connectivity index (χ3v) is 9.06. The van der Waals surface area contributed by atoms with E-state index in [1.54, 1.807) is 31.2 Å². The Bertz CT molecular complexity index is 1560. The van der Waals surface area contributed by atoms with E-state index in [9.17, 15) is 33.6 Å². The van der Waals surface area contributed by atoms with Gasteiger partial charge in [-0.3, -0.25) is 28.8 Å². The van der Waals surface area contributed by atoms with E-state index in [4.69, 9.17) is 42.6 Å². The molecule has 1 aliphatic carbocycles. The Balaban J connectivity index is 1.69. The zero-order chi connectivity index (χ0) is 39.0. The highest BCUT2D eigenvalue weighted by Crippen LogP contribution is 2.49. The largest absolute Gasteiger partial charge is 0.472 e. The van der Waals surface area contributed by atoms with E-state index in [0.717, 1.165) is 33.3 Å². The Labute approximate surface area is 305 Å². The van der Waals surface area contributed by atoms with Gasteiger partial charge in [0.05, 0.1) is 18.9 Å². The maximum absolute atomic E-state index is 13.9. The molecule has 2 heterocycles. The summed E-state index contributed by atoms with van der Waals surface area (Å²) in [4.78, 5) is 87.3. The number of hydrogen-bond donors (Lipinski definition) is 1. The van der Waals surface area contributed by atoms with E-state index in [-0.39, 0.29) is 18.4 Å². The molecule has 1 amide bonds. The summed E-state index contributed by atoms with van der Waals surface area (Å²) in [5.74, 6) is -6.85. The van der Waals surface area contributed by atoms with Crippen molar-refractivity contribution >= 4 is 41.7 Å². The van der Waals surface area contributed by atoms with Gasteiger partial charge < -0.3 is 47.9 Å². The molecule has 2 aliphatic heterocycles. The first-order valence-electron chi connectivity index (χ1n) is 17.0. The molecule has 1 N–H and O–H groups in total. The first kappa shape index (κ1) is 40.7. The number of rotatable bonds is 13. The molecule has 1 unspecified atom stereocenters. The normalized spacial score (nSPS) is 29.5. The van der Waals surface area contributed by atoms with Crippen LogP contribution in [0.5, 0.6) is 0 Å². The van der Waals surface area contributed by atoms with Crippen molar-refractivity contribution in [2.24, 2.45) is 17.8 Å². The van der Waals surface area contributed by atoms with Crippen LogP contribution in [0.1, 0.15) is 53.5 Å². The molecule has 0 spiro atoms. The second-order valence-electron chi connectivity index (χ2n) is 12.9. The van der Waals surface area contributed by atoms with Crippen molar-refractivity contribution in [1.82, 2.24) is 5.32 Å². The van der Waals surface area contributed by atoms with Gasteiger partial charge in [-0.15, -0.1) is 0 Å². The van der Waals surface area contributed by atoms with E-state index in [1.807, 2.05) is 6.07 Å². The lowest BCUT2D eigenvalue weighted by Crippen LogP contribution is -2.63. The van der Waals surface area contributed by atoms with Crippen LogP contribution in [-0.2, 0) is 82.6 Å². The minimum atomic E-state index is -1.58. The summed E-state index contributed by atoms with van der Waals surface area (Å²) >= 11 is 0. The minimum absolute atomic E-state index is 0.139. The first-order valence-corrected chi connectivity index (χ1v) is 17.0. The zero-order valence-corrected chi connectivity index (χ0v) is 30.5. The Hall–Kier alpha value is -5.03. The van der Waals surface area contributed by atoms with E-state index < -0.39 is 115 Å². The molecular weight excluding hydrogens is 702 g/mol. The van der Waals surface area contributed by atoms with Crippen molar-refractivity contribution in [2.45, 2.75) is 104 Å². The Kier molecular flexibility index (Phi) is 13.9. The third-order valence-electron chi connectivity index (χ3n) is 9.06. The molecule has 1 aromatic carbocycles. The average molecular weight is 748 g/mol. The van der Waals surface area contributed by atoms with E-state index in [2.05, 4.69) is 5.32 Å². The lowest BCUT2D eigenvalue weighted by molar-refractivity contribution is -0.345. The van der Waals surface area contributed by atoms with Crippen LogP contribution in [-0.4, -0.2) is 105 Å². The van der Waals surface area contributed by atoms with Crippen LogP contribution in [0.2, 0.25) is 0 Å². The van der Waals surface area contributed by atoms with Crippen LogP contribution in [0.3, 0.4) is 0 Å². The average Bonchev–Trinajstić information content (AvgIpc) is 3.40. The molecule has 290 valence electrons. The molecule has 17 heteroatoms. The maximum atomic E-state index is 13.9. The van der Waals surface area contributed by atoms with Crippen molar-refractivity contribution in [3.8, 4) is 0 Å². The number of benzene rings is 1. The van der Waals surface area contributed by atoms with E-state index in [0.29, 0.717) is 0 Å². The fraction of sp³-hybridized carbons (Fsp3) is 0.583. The van der Waals surface area contributed by atoms with Gasteiger partial charge in [-0.1, -0.05) is 37.3 Å². The molecule has 0 aromatic heterocycles. The van der Waals surface area contributed by atoms with Gasteiger partial charge in [0.1, 0.15) is 24.9 Å². The Morgan fingerprint density at radius 1 is 0.792 bits per heavy atom. The van der Waals surface area contributed by atoms with Crippen molar-refractivity contribution in [1.29, 1.82) is 0 Å². The van der Waals surface area contributed by atoms with Crippen LogP contribution in [0, 0.1) is 17.8 Å². The van der Waals surface area contributed by atoms with Crippen molar-refractivity contribution in [3.05, 3.63) is 47.7 Å². The fourth-order valence-corrected chi connectivity index (χ4v) is 6.90. The van der Waals surface area contributed by atoms with Gasteiger partial charge in [0, 0.05) is 58.8 Å². The van der Waals surface area contributed by atoms with Gasteiger partial charge in [0.2, 0.25) is 12.6 Å². The number of carbonyl (C=O) groups is 7. The number of carbonyl (C=O) groups excluding carboxylic acids is 7. The molecule has 2 fully saturated rings. The number of amides is 1. The number of fused-ring (bicyclic) bond motifs is 1. The number of hydrogen-bond acceptors (Lipinski definition) is 16. The molecule has 1 saturated heterocycles. The lowest BCUT2D eigenvalue weighted by Gasteiger charge is -2.46. The minimum Gasteiger partial charge on any atom is -0.472 e. The van der Waals surface area contributed by atoms with Crippen molar-refractivity contribution in [2.75, 3.05) is 13.7 Å². The van der Waals surface area contributed by atoms with Crippen molar-refractivity contribution < 1.29 is 76.2 Å².